The van der Waals surface area contributed by atoms with Crippen molar-refractivity contribution in [3.63, 3.8) is 0 Å². The van der Waals surface area contributed by atoms with Crippen molar-refractivity contribution in [2.24, 2.45) is 5.73 Å². The molecule has 0 aliphatic heterocycles. The molecule has 0 aliphatic rings. The zero-order valence-electron chi connectivity index (χ0n) is 15.3. The molecule has 6 nitrogen and oxygen atoms in total. The summed E-state index contributed by atoms with van der Waals surface area (Å²) in [5, 5.41) is 3.14. The van der Waals surface area contributed by atoms with Crippen LogP contribution in [-0.2, 0) is 0 Å². The van der Waals surface area contributed by atoms with Crippen molar-refractivity contribution in [2.75, 3.05) is 32.2 Å². The number of carbonyl (C=O) groups excluding carboxylic acids is 1. The van der Waals surface area contributed by atoms with Gasteiger partial charge in [0.05, 0.1) is 18.7 Å². The van der Waals surface area contributed by atoms with Crippen LogP contribution in [0.2, 0.25) is 5.02 Å². The first-order valence-electron chi connectivity index (χ1n) is 8.33. The molecule has 0 radical (unpaired) electrons. The quantitative estimate of drug-likeness (QED) is 0.643. The highest BCUT2D eigenvalue weighted by molar-refractivity contribution is 6.32. The van der Waals surface area contributed by atoms with E-state index in [1.54, 1.807) is 36.4 Å². The summed E-state index contributed by atoms with van der Waals surface area (Å²) in [6.07, 6.45) is 0.840. The average Bonchev–Trinajstić information content (AvgIpc) is 2.65. The van der Waals surface area contributed by atoms with Gasteiger partial charge in [0.25, 0.3) is 5.91 Å². The van der Waals surface area contributed by atoms with Gasteiger partial charge in [-0.15, -0.1) is 12.4 Å². The summed E-state index contributed by atoms with van der Waals surface area (Å²) in [6, 6.07) is 10.2. The monoisotopic (exact) mass is 414 g/mol. The van der Waals surface area contributed by atoms with E-state index in [-0.39, 0.29) is 18.3 Å². The van der Waals surface area contributed by atoms with Crippen molar-refractivity contribution < 1.29 is 19.0 Å². The highest BCUT2D eigenvalue weighted by atomic mass is 35.5. The lowest BCUT2D eigenvalue weighted by Gasteiger charge is -2.14. The Morgan fingerprint density at radius 1 is 1.15 bits per heavy atom. The predicted octanol–water partition coefficient (Wildman–Crippen LogP) is 4.15. The number of ether oxygens (including phenoxy) is 3. The second kappa shape index (κ2) is 11.5. The molecular formula is C19H24Cl2N2O4. The summed E-state index contributed by atoms with van der Waals surface area (Å²) >= 11 is 6.25. The Morgan fingerprint density at radius 3 is 2.44 bits per heavy atom. The van der Waals surface area contributed by atoms with Crippen LogP contribution in [0.15, 0.2) is 36.4 Å². The Labute approximate surface area is 170 Å². The molecule has 3 N–H and O–H groups in total. The molecule has 0 aliphatic carbocycles. The number of benzene rings is 2. The minimum atomic E-state index is -0.303. The lowest BCUT2D eigenvalue weighted by molar-refractivity contribution is 0.102. The molecular weight excluding hydrogens is 391 g/mol. The molecule has 0 bridgehead atoms. The van der Waals surface area contributed by atoms with Gasteiger partial charge in [0.15, 0.2) is 11.5 Å². The number of amides is 1. The third-order valence-electron chi connectivity index (χ3n) is 3.44. The number of anilines is 1. The van der Waals surface area contributed by atoms with Crippen LogP contribution in [0, 0.1) is 0 Å². The van der Waals surface area contributed by atoms with Crippen molar-refractivity contribution in [3.05, 3.63) is 47.0 Å². The Hall–Kier alpha value is -2.15. The maximum absolute atomic E-state index is 12.5. The fourth-order valence-corrected chi connectivity index (χ4v) is 2.47. The zero-order chi connectivity index (χ0) is 18.9. The Balaban J connectivity index is 0.00000364. The molecule has 1 amide bonds. The van der Waals surface area contributed by atoms with Crippen molar-refractivity contribution in [2.45, 2.75) is 13.3 Å². The highest BCUT2D eigenvalue weighted by Gasteiger charge is 2.16. The SMILES string of the molecule is CCCOc1c(Cl)cc(C(=O)Nc2ccc(OCCN)cc2)cc1OC.Cl. The fourth-order valence-electron chi connectivity index (χ4n) is 2.21. The van der Waals surface area contributed by atoms with Crippen LogP contribution >= 0.6 is 24.0 Å². The summed E-state index contributed by atoms with van der Waals surface area (Å²) in [5.74, 6) is 1.24. The topological polar surface area (TPSA) is 82.8 Å². The van der Waals surface area contributed by atoms with Crippen molar-refractivity contribution in [1.29, 1.82) is 0 Å². The second-order valence-corrected chi connectivity index (χ2v) is 5.86. The Morgan fingerprint density at radius 2 is 1.85 bits per heavy atom. The first kappa shape index (κ1) is 22.9. The van der Waals surface area contributed by atoms with Gasteiger partial charge in [0.1, 0.15) is 12.4 Å². The van der Waals surface area contributed by atoms with E-state index >= 15 is 0 Å². The van der Waals surface area contributed by atoms with E-state index in [0.717, 1.165) is 6.42 Å². The summed E-state index contributed by atoms with van der Waals surface area (Å²) in [7, 11) is 1.51. The molecule has 0 fully saturated rings. The lowest BCUT2D eigenvalue weighted by Crippen LogP contribution is -2.13. The maximum atomic E-state index is 12.5. The number of nitrogens with one attached hydrogen (secondary N) is 1. The number of methoxy groups -OCH3 is 1. The summed E-state index contributed by atoms with van der Waals surface area (Å²) < 4.78 is 16.3. The molecule has 0 spiro atoms. The molecule has 2 rings (SSSR count). The Kier molecular flexibility index (Phi) is 9.78. The van der Waals surface area contributed by atoms with Crippen LogP contribution < -0.4 is 25.3 Å². The molecule has 148 valence electrons. The molecule has 27 heavy (non-hydrogen) atoms. The number of hydrogen-bond acceptors (Lipinski definition) is 5. The van der Waals surface area contributed by atoms with Gasteiger partial charge < -0.3 is 25.3 Å². The summed E-state index contributed by atoms with van der Waals surface area (Å²) in [5.41, 5.74) is 6.41. The summed E-state index contributed by atoms with van der Waals surface area (Å²) in [4.78, 5) is 12.5. The van der Waals surface area contributed by atoms with Crippen molar-refractivity contribution in [1.82, 2.24) is 0 Å². The first-order chi connectivity index (χ1) is 12.6. The smallest absolute Gasteiger partial charge is 0.255 e. The average molecular weight is 415 g/mol. The van der Waals surface area contributed by atoms with Crippen LogP contribution in [0.1, 0.15) is 23.7 Å². The molecule has 2 aromatic carbocycles. The van der Waals surface area contributed by atoms with E-state index in [4.69, 9.17) is 31.5 Å². The fraction of sp³-hybridized carbons (Fsp3) is 0.316. The number of carbonyl (C=O) groups is 1. The Bertz CT molecular complexity index is 739. The molecule has 8 heteroatoms. The largest absolute Gasteiger partial charge is 0.493 e. The minimum absolute atomic E-state index is 0. The highest BCUT2D eigenvalue weighted by Crippen LogP contribution is 2.36. The molecule has 0 atom stereocenters. The second-order valence-electron chi connectivity index (χ2n) is 5.45. The normalized spacial score (nSPS) is 9.93. The number of nitrogens with two attached hydrogens (primary N) is 1. The van der Waals surface area contributed by atoms with Gasteiger partial charge in [-0.3, -0.25) is 4.79 Å². The predicted molar refractivity (Wildman–Crippen MR) is 110 cm³/mol. The van der Waals surface area contributed by atoms with Gasteiger partial charge in [0, 0.05) is 17.8 Å². The third kappa shape index (κ3) is 6.50. The first-order valence-corrected chi connectivity index (χ1v) is 8.71. The molecule has 0 heterocycles. The third-order valence-corrected chi connectivity index (χ3v) is 3.72. The molecule has 0 aromatic heterocycles. The molecule has 0 saturated carbocycles. The molecule has 2 aromatic rings. The van der Waals surface area contributed by atoms with Crippen LogP contribution in [0.5, 0.6) is 17.2 Å². The number of hydrogen-bond donors (Lipinski definition) is 2. The number of rotatable bonds is 9. The van der Waals surface area contributed by atoms with Crippen LogP contribution in [0.4, 0.5) is 5.69 Å². The van der Waals surface area contributed by atoms with Crippen LogP contribution in [0.25, 0.3) is 0 Å². The van der Waals surface area contributed by atoms with E-state index in [1.165, 1.54) is 7.11 Å². The van der Waals surface area contributed by atoms with Crippen molar-refractivity contribution in [3.8, 4) is 17.2 Å². The van der Waals surface area contributed by atoms with E-state index in [0.29, 0.717) is 53.3 Å². The van der Waals surface area contributed by atoms with Crippen LogP contribution in [-0.4, -0.2) is 32.8 Å². The standard InChI is InChI=1S/C19H23ClN2O4.ClH/c1-3-9-26-18-16(20)11-13(12-17(18)24-2)19(23)22-14-4-6-15(7-5-14)25-10-8-21;/h4-7,11-12H,3,8-10,21H2,1-2H3,(H,22,23);1H. The van der Waals surface area contributed by atoms with Gasteiger partial charge >= 0.3 is 0 Å². The van der Waals surface area contributed by atoms with E-state index < -0.39 is 0 Å². The van der Waals surface area contributed by atoms with Gasteiger partial charge in [-0.25, -0.2) is 0 Å². The van der Waals surface area contributed by atoms with Gasteiger partial charge in [-0.2, -0.15) is 0 Å². The molecule has 0 unspecified atom stereocenters. The van der Waals surface area contributed by atoms with Gasteiger partial charge in [-0.1, -0.05) is 18.5 Å². The van der Waals surface area contributed by atoms with E-state index in [1.807, 2.05) is 6.92 Å². The van der Waals surface area contributed by atoms with Crippen molar-refractivity contribution >= 4 is 35.6 Å². The van der Waals surface area contributed by atoms with E-state index in [9.17, 15) is 4.79 Å². The van der Waals surface area contributed by atoms with Gasteiger partial charge in [-0.05, 0) is 42.8 Å². The number of halogens is 2. The van der Waals surface area contributed by atoms with E-state index in [2.05, 4.69) is 5.32 Å². The molecule has 0 saturated heterocycles. The van der Waals surface area contributed by atoms with Gasteiger partial charge in [0.2, 0.25) is 0 Å². The minimum Gasteiger partial charge on any atom is -0.493 e. The maximum Gasteiger partial charge on any atom is 0.255 e. The zero-order valence-corrected chi connectivity index (χ0v) is 16.9. The van der Waals surface area contributed by atoms with Crippen LogP contribution in [0.3, 0.4) is 0 Å². The lowest BCUT2D eigenvalue weighted by atomic mass is 10.1. The summed E-state index contributed by atoms with van der Waals surface area (Å²) in [6.45, 7) is 3.39.